The van der Waals surface area contributed by atoms with Crippen molar-refractivity contribution in [2.45, 2.75) is 44.5 Å². The van der Waals surface area contributed by atoms with E-state index in [1.165, 1.54) is 0 Å². The number of hydrogen-bond donors (Lipinski definition) is 2. The molecule has 0 heterocycles. The standard InChI is InChI=1S/C10H21NO2S/c1-9(2,3)13-7-6-10(4,14)8(12)11-5/h14H,6-7H2,1-5H3,(H,11,12). The first-order valence-electron chi connectivity index (χ1n) is 4.77. The van der Waals surface area contributed by atoms with E-state index in [0.717, 1.165) is 0 Å². The minimum atomic E-state index is -0.653. The van der Waals surface area contributed by atoms with Gasteiger partial charge in [-0.05, 0) is 34.1 Å². The van der Waals surface area contributed by atoms with Crippen molar-refractivity contribution in [2.75, 3.05) is 13.7 Å². The zero-order valence-electron chi connectivity index (χ0n) is 9.68. The summed E-state index contributed by atoms with van der Waals surface area (Å²) in [4.78, 5) is 11.3. The van der Waals surface area contributed by atoms with Gasteiger partial charge in [0, 0.05) is 13.7 Å². The van der Waals surface area contributed by atoms with Crippen molar-refractivity contribution in [1.82, 2.24) is 5.32 Å². The molecule has 0 saturated carbocycles. The average molecular weight is 219 g/mol. The Balaban J connectivity index is 3.94. The molecule has 0 radical (unpaired) electrons. The Hall–Kier alpha value is -0.220. The van der Waals surface area contributed by atoms with E-state index in [9.17, 15) is 4.79 Å². The maximum atomic E-state index is 11.3. The van der Waals surface area contributed by atoms with Gasteiger partial charge in [0.15, 0.2) is 0 Å². The number of amides is 1. The van der Waals surface area contributed by atoms with Gasteiger partial charge in [0.25, 0.3) is 0 Å². The third-order valence-corrected chi connectivity index (χ3v) is 2.27. The Morgan fingerprint density at radius 1 is 1.36 bits per heavy atom. The van der Waals surface area contributed by atoms with E-state index in [0.29, 0.717) is 13.0 Å². The Morgan fingerprint density at radius 3 is 2.21 bits per heavy atom. The minimum Gasteiger partial charge on any atom is -0.376 e. The lowest BCUT2D eigenvalue weighted by atomic mass is 10.1. The van der Waals surface area contributed by atoms with Gasteiger partial charge in [0.2, 0.25) is 5.91 Å². The first kappa shape index (κ1) is 13.8. The smallest absolute Gasteiger partial charge is 0.235 e. The number of thiol groups is 1. The molecular formula is C10H21NO2S. The summed E-state index contributed by atoms with van der Waals surface area (Å²) >= 11 is 4.30. The Morgan fingerprint density at radius 2 is 1.86 bits per heavy atom. The summed E-state index contributed by atoms with van der Waals surface area (Å²) < 4.78 is 4.88. The van der Waals surface area contributed by atoms with Gasteiger partial charge >= 0.3 is 0 Å². The number of rotatable bonds is 4. The van der Waals surface area contributed by atoms with Gasteiger partial charge in [-0.3, -0.25) is 4.79 Å². The second kappa shape index (κ2) is 5.03. The van der Waals surface area contributed by atoms with E-state index in [4.69, 9.17) is 4.74 Å². The normalized spacial score (nSPS) is 16.1. The number of hydrogen-bond acceptors (Lipinski definition) is 3. The Bertz CT molecular complexity index is 197. The fraction of sp³-hybridized carbons (Fsp3) is 0.900. The lowest BCUT2D eigenvalue weighted by molar-refractivity contribution is -0.123. The molecule has 0 aromatic rings. The van der Waals surface area contributed by atoms with Crippen LogP contribution in [0.4, 0.5) is 0 Å². The fourth-order valence-electron chi connectivity index (χ4n) is 0.939. The molecular weight excluding hydrogens is 198 g/mol. The molecule has 0 saturated heterocycles. The summed E-state index contributed by atoms with van der Waals surface area (Å²) in [6.07, 6.45) is 0.604. The van der Waals surface area contributed by atoms with Crippen LogP contribution in [0.1, 0.15) is 34.1 Å². The first-order chi connectivity index (χ1) is 6.19. The van der Waals surface area contributed by atoms with Gasteiger partial charge in [0.05, 0.1) is 10.3 Å². The van der Waals surface area contributed by atoms with Crippen LogP contribution in [-0.2, 0) is 9.53 Å². The van der Waals surface area contributed by atoms with Gasteiger partial charge in [-0.15, -0.1) is 0 Å². The molecule has 4 heteroatoms. The fourth-order valence-corrected chi connectivity index (χ4v) is 1.14. The molecule has 0 aliphatic heterocycles. The molecule has 0 aliphatic rings. The summed E-state index contributed by atoms with van der Waals surface area (Å²) in [5.41, 5.74) is -0.160. The van der Waals surface area contributed by atoms with E-state index in [1.54, 1.807) is 14.0 Å². The predicted octanol–water partition coefficient (Wildman–Crippen LogP) is 1.63. The van der Waals surface area contributed by atoms with Gasteiger partial charge in [-0.2, -0.15) is 12.6 Å². The summed E-state index contributed by atoms with van der Waals surface area (Å²) in [7, 11) is 1.61. The van der Waals surface area contributed by atoms with Crippen LogP contribution < -0.4 is 5.32 Å². The van der Waals surface area contributed by atoms with Crippen LogP contribution in [0.2, 0.25) is 0 Å². The van der Waals surface area contributed by atoms with Crippen molar-refractivity contribution < 1.29 is 9.53 Å². The van der Waals surface area contributed by atoms with E-state index in [1.807, 2.05) is 20.8 Å². The van der Waals surface area contributed by atoms with Crippen molar-refractivity contribution in [2.24, 2.45) is 0 Å². The highest BCUT2D eigenvalue weighted by Gasteiger charge is 2.28. The molecule has 0 aliphatic carbocycles. The molecule has 1 amide bonds. The molecule has 0 fully saturated rings. The van der Waals surface area contributed by atoms with Crippen LogP contribution in [0, 0.1) is 0 Å². The Kier molecular flexibility index (Phi) is 4.95. The zero-order valence-corrected chi connectivity index (χ0v) is 10.6. The molecule has 1 unspecified atom stereocenters. The van der Waals surface area contributed by atoms with Crippen molar-refractivity contribution in [1.29, 1.82) is 0 Å². The van der Waals surface area contributed by atoms with E-state index >= 15 is 0 Å². The van der Waals surface area contributed by atoms with Crippen LogP contribution >= 0.6 is 12.6 Å². The van der Waals surface area contributed by atoms with Crippen LogP contribution in [0.25, 0.3) is 0 Å². The van der Waals surface area contributed by atoms with Gasteiger partial charge in [0.1, 0.15) is 0 Å². The van der Waals surface area contributed by atoms with Crippen molar-refractivity contribution >= 4 is 18.5 Å². The van der Waals surface area contributed by atoms with E-state index in [2.05, 4.69) is 17.9 Å². The van der Waals surface area contributed by atoms with Crippen LogP contribution in [0.15, 0.2) is 0 Å². The minimum absolute atomic E-state index is 0.0710. The van der Waals surface area contributed by atoms with Crippen LogP contribution in [0.5, 0.6) is 0 Å². The third kappa shape index (κ3) is 5.50. The number of ether oxygens (including phenoxy) is 1. The van der Waals surface area contributed by atoms with E-state index in [-0.39, 0.29) is 11.5 Å². The molecule has 1 N–H and O–H groups in total. The second-order valence-corrected chi connectivity index (χ2v) is 5.55. The molecule has 0 aromatic heterocycles. The summed E-state index contributed by atoms with van der Waals surface area (Å²) in [6.45, 7) is 8.30. The maximum Gasteiger partial charge on any atom is 0.235 e. The average Bonchev–Trinajstić information content (AvgIpc) is 2.00. The lowest BCUT2D eigenvalue weighted by Crippen LogP contribution is -2.39. The quantitative estimate of drug-likeness (QED) is 0.705. The molecule has 0 rings (SSSR count). The maximum absolute atomic E-state index is 11.3. The molecule has 3 nitrogen and oxygen atoms in total. The molecule has 14 heavy (non-hydrogen) atoms. The number of carbonyl (C=O) groups is 1. The van der Waals surface area contributed by atoms with E-state index < -0.39 is 4.75 Å². The highest BCUT2D eigenvalue weighted by molar-refractivity contribution is 7.82. The van der Waals surface area contributed by atoms with Gasteiger partial charge in [-0.1, -0.05) is 0 Å². The summed E-state index contributed by atoms with van der Waals surface area (Å²) in [6, 6.07) is 0. The number of carbonyl (C=O) groups excluding carboxylic acids is 1. The Labute approximate surface area is 92.0 Å². The zero-order chi connectivity index (χ0) is 11.4. The lowest BCUT2D eigenvalue weighted by Gasteiger charge is -2.25. The molecule has 0 aromatic carbocycles. The summed E-state index contributed by atoms with van der Waals surface area (Å²) in [5.74, 6) is -0.0710. The molecule has 1 atom stereocenters. The highest BCUT2D eigenvalue weighted by Crippen LogP contribution is 2.20. The van der Waals surface area contributed by atoms with Crippen molar-refractivity contribution in [3.05, 3.63) is 0 Å². The summed E-state index contributed by atoms with van der Waals surface area (Å²) in [5, 5.41) is 2.58. The third-order valence-electron chi connectivity index (χ3n) is 1.84. The highest BCUT2D eigenvalue weighted by atomic mass is 32.1. The first-order valence-corrected chi connectivity index (χ1v) is 5.22. The van der Waals surface area contributed by atoms with Gasteiger partial charge in [-0.25, -0.2) is 0 Å². The van der Waals surface area contributed by atoms with Crippen molar-refractivity contribution in [3.8, 4) is 0 Å². The van der Waals surface area contributed by atoms with Crippen LogP contribution in [0.3, 0.4) is 0 Å². The molecule has 84 valence electrons. The van der Waals surface area contributed by atoms with Crippen molar-refractivity contribution in [3.63, 3.8) is 0 Å². The predicted molar refractivity (Wildman–Crippen MR) is 61.8 cm³/mol. The SMILES string of the molecule is CNC(=O)C(C)(S)CCOC(C)(C)C. The monoisotopic (exact) mass is 219 g/mol. The topological polar surface area (TPSA) is 38.3 Å². The largest absolute Gasteiger partial charge is 0.376 e. The van der Waals surface area contributed by atoms with Gasteiger partial charge < -0.3 is 10.1 Å². The number of nitrogens with one attached hydrogen (secondary N) is 1. The van der Waals surface area contributed by atoms with Crippen LogP contribution in [-0.4, -0.2) is 29.9 Å². The second-order valence-electron chi connectivity index (χ2n) is 4.56. The molecule has 0 spiro atoms. The molecule has 0 bridgehead atoms.